The Balaban J connectivity index is 2.23. The van der Waals surface area contributed by atoms with Gasteiger partial charge < -0.3 is 5.32 Å². The summed E-state index contributed by atoms with van der Waals surface area (Å²) in [6, 6.07) is 9.58. The van der Waals surface area contributed by atoms with Crippen molar-refractivity contribution in [1.29, 1.82) is 0 Å². The van der Waals surface area contributed by atoms with Gasteiger partial charge in [0.1, 0.15) is 5.82 Å². The molecule has 0 radical (unpaired) electrons. The molecule has 20 heavy (non-hydrogen) atoms. The second-order valence-electron chi connectivity index (χ2n) is 4.30. The van der Waals surface area contributed by atoms with E-state index >= 15 is 0 Å². The van der Waals surface area contributed by atoms with Crippen molar-refractivity contribution in [3.63, 3.8) is 0 Å². The third-order valence-corrected chi connectivity index (χ3v) is 3.47. The fraction of sp³-hybridized carbons (Fsp3) is 0.143. The first-order valence-electron chi connectivity index (χ1n) is 5.91. The monoisotopic (exact) mass is 338 g/mol. The van der Waals surface area contributed by atoms with Gasteiger partial charge in [0, 0.05) is 33.9 Å². The van der Waals surface area contributed by atoms with Crippen LogP contribution in [0.15, 0.2) is 40.9 Å². The van der Waals surface area contributed by atoms with Crippen molar-refractivity contribution in [3.05, 3.63) is 67.9 Å². The van der Waals surface area contributed by atoms with E-state index in [9.17, 15) is 14.5 Å². The number of nitrogens with zero attached hydrogens (tertiary/aromatic N) is 1. The molecule has 0 aliphatic heterocycles. The zero-order valence-electron chi connectivity index (χ0n) is 10.7. The highest BCUT2D eigenvalue weighted by molar-refractivity contribution is 9.10. The molecule has 0 saturated carbocycles. The highest BCUT2D eigenvalue weighted by atomic mass is 79.9. The van der Waals surface area contributed by atoms with Crippen molar-refractivity contribution >= 4 is 27.3 Å². The second kappa shape index (κ2) is 6.00. The van der Waals surface area contributed by atoms with E-state index in [1.54, 1.807) is 31.2 Å². The molecule has 1 N–H and O–H groups in total. The molecule has 0 aromatic heterocycles. The predicted molar refractivity (Wildman–Crippen MR) is 79.3 cm³/mol. The average molecular weight is 339 g/mol. The van der Waals surface area contributed by atoms with E-state index in [1.165, 1.54) is 12.1 Å². The van der Waals surface area contributed by atoms with Crippen LogP contribution in [0.1, 0.15) is 11.1 Å². The number of hydrogen-bond acceptors (Lipinski definition) is 3. The van der Waals surface area contributed by atoms with Crippen LogP contribution in [0.3, 0.4) is 0 Å². The smallest absolute Gasteiger partial charge is 0.275 e. The normalized spacial score (nSPS) is 10.3. The lowest BCUT2D eigenvalue weighted by atomic mass is 10.1. The van der Waals surface area contributed by atoms with E-state index in [0.717, 1.165) is 0 Å². The van der Waals surface area contributed by atoms with Crippen molar-refractivity contribution in [2.24, 2.45) is 0 Å². The molecule has 0 fully saturated rings. The molecule has 0 atom stereocenters. The molecular formula is C14H12BrFN2O2. The Labute approximate surface area is 123 Å². The summed E-state index contributed by atoms with van der Waals surface area (Å²) in [7, 11) is 0. The van der Waals surface area contributed by atoms with Crippen LogP contribution < -0.4 is 5.32 Å². The highest BCUT2D eigenvalue weighted by Crippen LogP contribution is 2.25. The van der Waals surface area contributed by atoms with E-state index in [-0.39, 0.29) is 18.0 Å². The first-order chi connectivity index (χ1) is 9.49. The maximum absolute atomic E-state index is 13.4. The van der Waals surface area contributed by atoms with E-state index < -0.39 is 4.92 Å². The minimum atomic E-state index is -0.430. The average Bonchev–Trinajstić information content (AvgIpc) is 2.41. The van der Waals surface area contributed by atoms with Crippen molar-refractivity contribution in [1.82, 2.24) is 0 Å². The topological polar surface area (TPSA) is 55.2 Å². The number of halogens is 2. The summed E-state index contributed by atoms with van der Waals surface area (Å²) in [5.41, 5.74) is 1.69. The molecule has 0 aliphatic rings. The second-order valence-corrected chi connectivity index (χ2v) is 5.21. The van der Waals surface area contributed by atoms with Gasteiger partial charge in [0.2, 0.25) is 0 Å². The van der Waals surface area contributed by atoms with Gasteiger partial charge in [-0.15, -0.1) is 0 Å². The lowest BCUT2D eigenvalue weighted by molar-refractivity contribution is -0.385. The van der Waals surface area contributed by atoms with E-state index in [2.05, 4.69) is 21.2 Å². The van der Waals surface area contributed by atoms with Gasteiger partial charge in [0.05, 0.1) is 4.92 Å². The summed E-state index contributed by atoms with van der Waals surface area (Å²) in [6.07, 6.45) is 0. The van der Waals surface area contributed by atoms with Crippen LogP contribution in [0.5, 0.6) is 0 Å². The molecule has 0 aliphatic carbocycles. The summed E-state index contributed by atoms with van der Waals surface area (Å²) in [4.78, 5) is 10.6. The van der Waals surface area contributed by atoms with Crippen LogP contribution in [-0.2, 0) is 6.54 Å². The summed E-state index contributed by atoms with van der Waals surface area (Å²) in [5.74, 6) is -0.305. The molecule has 4 nitrogen and oxygen atoms in total. The largest absolute Gasteiger partial charge is 0.380 e. The molecular weight excluding hydrogens is 327 g/mol. The highest BCUT2D eigenvalue weighted by Gasteiger charge is 2.14. The fourth-order valence-electron chi connectivity index (χ4n) is 1.85. The molecule has 0 bridgehead atoms. The lowest BCUT2D eigenvalue weighted by Gasteiger charge is -2.10. The van der Waals surface area contributed by atoms with Gasteiger partial charge in [-0.05, 0) is 31.2 Å². The molecule has 2 rings (SSSR count). The quantitative estimate of drug-likeness (QED) is 0.663. The van der Waals surface area contributed by atoms with Gasteiger partial charge in [0.25, 0.3) is 5.69 Å². The van der Waals surface area contributed by atoms with Gasteiger partial charge in [0.15, 0.2) is 0 Å². The maximum atomic E-state index is 13.4. The Bertz CT molecular complexity index is 662. The fourth-order valence-corrected chi connectivity index (χ4v) is 2.19. The van der Waals surface area contributed by atoms with E-state index in [0.29, 0.717) is 21.3 Å². The molecule has 0 heterocycles. The third-order valence-electron chi connectivity index (χ3n) is 2.98. The standard InChI is InChI=1S/C14H12BrFN2O2/c1-9-12(16)3-2-4-13(9)17-8-10-5-6-11(15)7-14(10)18(19)20/h2-7,17H,8H2,1H3. The predicted octanol–water partition coefficient (Wildman–Crippen LogP) is 4.42. The number of nitro benzene ring substituents is 1. The Morgan fingerprint density at radius 2 is 2.10 bits per heavy atom. The minimum absolute atomic E-state index is 0.0286. The van der Waals surface area contributed by atoms with Crippen LogP contribution in [0.25, 0.3) is 0 Å². The lowest BCUT2D eigenvalue weighted by Crippen LogP contribution is -2.04. The van der Waals surface area contributed by atoms with Crippen LogP contribution in [-0.4, -0.2) is 4.92 Å². The van der Waals surface area contributed by atoms with Crippen molar-refractivity contribution in [2.45, 2.75) is 13.5 Å². The summed E-state index contributed by atoms with van der Waals surface area (Å²) in [6.45, 7) is 1.92. The van der Waals surface area contributed by atoms with Gasteiger partial charge >= 0.3 is 0 Å². The Morgan fingerprint density at radius 3 is 2.80 bits per heavy atom. The zero-order chi connectivity index (χ0) is 14.7. The number of anilines is 1. The minimum Gasteiger partial charge on any atom is -0.380 e. The molecule has 0 saturated heterocycles. The van der Waals surface area contributed by atoms with Crippen LogP contribution in [0.4, 0.5) is 15.8 Å². The summed E-state index contributed by atoms with van der Waals surface area (Å²) >= 11 is 3.21. The molecule has 0 unspecified atom stereocenters. The molecule has 104 valence electrons. The Hall–Kier alpha value is -1.95. The SMILES string of the molecule is Cc1c(F)cccc1NCc1ccc(Br)cc1[N+](=O)[O-]. The number of rotatable bonds is 4. The molecule has 2 aromatic carbocycles. The number of hydrogen-bond donors (Lipinski definition) is 1. The summed E-state index contributed by atoms with van der Waals surface area (Å²) < 4.78 is 14.1. The van der Waals surface area contributed by atoms with Gasteiger partial charge in [-0.2, -0.15) is 0 Å². The Morgan fingerprint density at radius 1 is 1.35 bits per heavy atom. The van der Waals surface area contributed by atoms with Crippen molar-refractivity contribution in [2.75, 3.05) is 5.32 Å². The molecule has 2 aromatic rings. The third kappa shape index (κ3) is 3.14. The van der Waals surface area contributed by atoms with Crippen LogP contribution in [0, 0.1) is 22.9 Å². The maximum Gasteiger partial charge on any atom is 0.275 e. The Kier molecular flexibility index (Phi) is 4.34. The van der Waals surface area contributed by atoms with Crippen molar-refractivity contribution < 1.29 is 9.31 Å². The first-order valence-corrected chi connectivity index (χ1v) is 6.70. The number of nitro groups is 1. The zero-order valence-corrected chi connectivity index (χ0v) is 12.3. The van der Waals surface area contributed by atoms with Crippen LogP contribution >= 0.6 is 15.9 Å². The van der Waals surface area contributed by atoms with E-state index in [1.807, 2.05) is 0 Å². The summed E-state index contributed by atoms with van der Waals surface area (Å²) in [5, 5.41) is 14.0. The van der Waals surface area contributed by atoms with Gasteiger partial charge in [-0.3, -0.25) is 10.1 Å². The van der Waals surface area contributed by atoms with Gasteiger partial charge in [-0.1, -0.05) is 22.0 Å². The van der Waals surface area contributed by atoms with Crippen LogP contribution in [0.2, 0.25) is 0 Å². The number of nitrogens with one attached hydrogen (secondary N) is 1. The van der Waals surface area contributed by atoms with E-state index in [4.69, 9.17) is 0 Å². The van der Waals surface area contributed by atoms with Crippen molar-refractivity contribution in [3.8, 4) is 0 Å². The van der Waals surface area contributed by atoms with Gasteiger partial charge in [-0.25, -0.2) is 4.39 Å². The molecule has 6 heteroatoms. The first kappa shape index (κ1) is 14.5. The molecule has 0 amide bonds. The molecule has 0 spiro atoms. The number of benzene rings is 2.